The van der Waals surface area contributed by atoms with Gasteiger partial charge in [-0.15, -0.1) is 0 Å². The van der Waals surface area contributed by atoms with E-state index in [9.17, 15) is 0 Å². The largest absolute Gasteiger partial charge is 0.397 e. The van der Waals surface area contributed by atoms with Crippen molar-refractivity contribution in [2.45, 2.75) is 0 Å². The van der Waals surface area contributed by atoms with Gasteiger partial charge in [0.1, 0.15) is 0 Å². The van der Waals surface area contributed by atoms with Gasteiger partial charge < -0.3 is 10.3 Å². The molecule has 2 N–H and O–H groups in total. The number of rotatable bonds is 2. The van der Waals surface area contributed by atoms with Crippen LogP contribution in [0.1, 0.15) is 0 Å². The first kappa shape index (κ1) is 13.1. The minimum Gasteiger partial charge on any atom is -0.397 e. The molecule has 0 saturated carbocycles. The third-order valence-corrected chi connectivity index (χ3v) is 3.90. The van der Waals surface area contributed by atoms with Crippen molar-refractivity contribution in [1.82, 2.24) is 15.1 Å². The van der Waals surface area contributed by atoms with Crippen LogP contribution in [0.4, 0.5) is 5.69 Å². The second-order valence-electron chi connectivity index (χ2n) is 4.01. The molecule has 0 aliphatic rings. The lowest BCUT2D eigenvalue weighted by Gasteiger charge is -1.98. The molecule has 3 aromatic rings. The van der Waals surface area contributed by atoms with Gasteiger partial charge in [-0.3, -0.25) is 4.98 Å². The first-order chi connectivity index (χ1) is 9.65. The standard InChI is InChI=1S/C13H8BrClN4O/c14-9-5-7(1-2-10(9)15)12-18-13(20-19-12)8-3-4-17-6-11(8)16/h1-6H,16H2. The highest BCUT2D eigenvalue weighted by molar-refractivity contribution is 9.10. The van der Waals surface area contributed by atoms with Crippen LogP contribution in [0.2, 0.25) is 5.02 Å². The molecule has 0 aliphatic heterocycles. The van der Waals surface area contributed by atoms with E-state index in [1.807, 2.05) is 12.1 Å². The third-order valence-electron chi connectivity index (χ3n) is 2.69. The molecule has 0 saturated heterocycles. The minimum absolute atomic E-state index is 0.353. The Balaban J connectivity index is 2.02. The molecule has 0 amide bonds. The fourth-order valence-corrected chi connectivity index (χ4v) is 2.18. The Hall–Kier alpha value is -1.92. The van der Waals surface area contributed by atoms with Gasteiger partial charge in [-0.1, -0.05) is 16.8 Å². The lowest BCUT2D eigenvalue weighted by molar-refractivity contribution is 0.432. The fourth-order valence-electron chi connectivity index (χ4n) is 1.69. The van der Waals surface area contributed by atoms with Crippen LogP contribution in [0.3, 0.4) is 0 Å². The Morgan fingerprint density at radius 2 is 2.10 bits per heavy atom. The molecule has 20 heavy (non-hydrogen) atoms. The van der Waals surface area contributed by atoms with E-state index in [-0.39, 0.29) is 0 Å². The molecule has 2 heterocycles. The topological polar surface area (TPSA) is 77.8 Å². The molecule has 0 bridgehead atoms. The lowest BCUT2D eigenvalue weighted by atomic mass is 10.2. The van der Waals surface area contributed by atoms with E-state index >= 15 is 0 Å². The Morgan fingerprint density at radius 1 is 1.25 bits per heavy atom. The molecule has 0 radical (unpaired) electrons. The van der Waals surface area contributed by atoms with Crippen molar-refractivity contribution < 1.29 is 4.52 Å². The predicted octanol–water partition coefficient (Wildman–Crippen LogP) is 3.80. The molecule has 0 aliphatic carbocycles. The van der Waals surface area contributed by atoms with Crippen LogP contribution < -0.4 is 5.73 Å². The third kappa shape index (κ3) is 2.39. The molecule has 2 aromatic heterocycles. The van der Waals surface area contributed by atoms with Gasteiger partial charge in [0.05, 0.1) is 22.5 Å². The molecule has 0 fully saturated rings. The summed E-state index contributed by atoms with van der Waals surface area (Å²) >= 11 is 9.32. The summed E-state index contributed by atoms with van der Waals surface area (Å²) in [5, 5.41) is 4.57. The molecule has 3 rings (SSSR count). The molecule has 0 spiro atoms. The van der Waals surface area contributed by atoms with Crippen molar-refractivity contribution in [2.75, 3.05) is 5.73 Å². The number of anilines is 1. The fraction of sp³-hybridized carbons (Fsp3) is 0. The van der Waals surface area contributed by atoms with Crippen LogP contribution in [-0.2, 0) is 0 Å². The van der Waals surface area contributed by atoms with E-state index in [1.165, 1.54) is 6.20 Å². The van der Waals surface area contributed by atoms with Crippen molar-refractivity contribution in [3.05, 3.63) is 46.2 Å². The van der Waals surface area contributed by atoms with Crippen LogP contribution in [0.5, 0.6) is 0 Å². The van der Waals surface area contributed by atoms with E-state index in [1.54, 1.807) is 18.3 Å². The summed E-state index contributed by atoms with van der Waals surface area (Å²) in [6.07, 6.45) is 3.16. The number of benzene rings is 1. The highest BCUT2D eigenvalue weighted by Gasteiger charge is 2.13. The Kier molecular flexibility index (Phi) is 3.42. The maximum absolute atomic E-state index is 5.96. The molecule has 5 nitrogen and oxygen atoms in total. The van der Waals surface area contributed by atoms with Crippen molar-refractivity contribution in [2.24, 2.45) is 0 Å². The maximum Gasteiger partial charge on any atom is 0.260 e. The van der Waals surface area contributed by atoms with E-state index in [0.717, 1.165) is 10.0 Å². The first-order valence-electron chi connectivity index (χ1n) is 5.64. The number of hydrogen-bond donors (Lipinski definition) is 1. The van der Waals surface area contributed by atoms with E-state index in [4.69, 9.17) is 21.9 Å². The van der Waals surface area contributed by atoms with Gasteiger partial charge in [0.25, 0.3) is 5.89 Å². The van der Waals surface area contributed by atoms with Crippen LogP contribution in [0.25, 0.3) is 22.8 Å². The predicted molar refractivity (Wildman–Crippen MR) is 80.1 cm³/mol. The number of halogens is 2. The maximum atomic E-state index is 5.96. The zero-order valence-corrected chi connectivity index (χ0v) is 12.4. The van der Waals surface area contributed by atoms with Gasteiger partial charge in [0, 0.05) is 16.2 Å². The van der Waals surface area contributed by atoms with Gasteiger partial charge in [-0.05, 0) is 40.2 Å². The molecule has 7 heteroatoms. The Labute approximate surface area is 127 Å². The van der Waals surface area contributed by atoms with Crippen molar-refractivity contribution in [3.63, 3.8) is 0 Å². The Bertz CT molecular complexity index is 775. The van der Waals surface area contributed by atoms with Gasteiger partial charge >= 0.3 is 0 Å². The first-order valence-corrected chi connectivity index (χ1v) is 6.81. The molecule has 0 atom stereocenters. The van der Waals surface area contributed by atoms with Gasteiger partial charge in [-0.25, -0.2) is 0 Å². The monoisotopic (exact) mass is 350 g/mol. The summed E-state index contributed by atoms with van der Waals surface area (Å²) in [7, 11) is 0. The van der Waals surface area contributed by atoms with Crippen LogP contribution in [0.15, 0.2) is 45.7 Å². The summed E-state index contributed by atoms with van der Waals surface area (Å²) in [4.78, 5) is 8.25. The van der Waals surface area contributed by atoms with E-state index < -0.39 is 0 Å². The zero-order valence-electron chi connectivity index (χ0n) is 10.0. The number of hydrogen-bond acceptors (Lipinski definition) is 5. The highest BCUT2D eigenvalue weighted by atomic mass is 79.9. The zero-order chi connectivity index (χ0) is 14.1. The molecular weight excluding hydrogens is 344 g/mol. The molecule has 1 aromatic carbocycles. The number of nitrogens with zero attached hydrogens (tertiary/aromatic N) is 3. The van der Waals surface area contributed by atoms with Crippen LogP contribution in [-0.4, -0.2) is 15.1 Å². The number of aromatic nitrogens is 3. The average Bonchev–Trinajstić information content (AvgIpc) is 2.92. The second-order valence-corrected chi connectivity index (χ2v) is 5.28. The SMILES string of the molecule is Nc1cnccc1-c1nc(-c2ccc(Cl)c(Br)c2)no1. The number of nitrogen functional groups attached to an aromatic ring is 1. The van der Waals surface area contributed by atoms with Crippen molar-refractivity contribution in [3.8, 4) is 22.8 Å². The summed E-state index contributed by atoms with van der Waals surface area (Å²) in [6, 6.07) is 7.13. The molecular formula is C13H8BrClN4O. The van der Waals surface area contributed by atoms with Gasteiger partial charge in [0.15, 0.2) is 0 Å². The summed E-state index contributed by atoms with van der Waals surface area (Å²) in [5.74, 6) is 0.819. The van der Waals surface area contributed by atoms with Crippen molar-refractivity contribution in [1.29, 1.82) is 0 Å². The summed E-state index contributed by atoms with van der Waals surface area (Å²) in [6.45, 7) is 0. The average molecular weight is 352 g/mol. The summed E-state index contributed by atoms with van der Waals surface area (Å²) in [5.41, 5.74) is 7.77. The number of nitrogens with two attached hydrogens (primary N) is 1. The normalized spacial score (nSPS) is 10.7. The second kappa shape index (κ2) is 5.22. The number of pyridine rings is 1. The molecule has 100 valence electrons. The smallest absolute Gasteiger partial charge is 0.260 e. The highest BCUT2D eigenvalue weighted by Crippen LogP contribution is 2.29. The quantitative estimate of drug-likeness (QED) is 0.760. The molecule has 0 unspecified atom stereocenters. The van der Waals surface area contributed by atoms with Crippen molar-refractivity contribution >= 4 is 33.2 Å². The van der Waals surface area contributed by atoms with E-state index in [2.05, 4.69) is 31.1 Å². The van der Waals surface area contributed by atoms with Crippen LogP contribution >= 0.6 is 27.5 Å². The van der Waals surface area contributed by atoms with Gasteiger partial charge in [0.2, 0.25) is 5.82 Å². The van der Waals surface area contributed by atoms with Crippen LogP contribution in [0, 0.1) is 0 Å². The Morgan fingerprint density at radius 3 is 2.85 bits per heavy atom. The lowest BCUT2D eigenvalue weighted by Crippen LogP contribution is -1.90. The van der Waals surface area contributed by atoms with Gasteiger partial charge in [-0.2, -0.15) is 4.98 Å². The van der Waals surface area contributed by atoms with E-state index in [0.29, 0.717) is 28.0 Å². The minimum atomic E-state index is 0.353. The summed E-state index contributed by atoms with van der Waals surface area (Å²) < 4.78 is 6.01.